The number of dihydropyridines is 1. The van der Waals surface area contributed by atoms with Crippen LogP contribution in [0.3, 0.4) is 0 Å². The van der Waals surface area contributed by atoms with Crippen LogP contribution in [0.15, 0.2) is 40.6 Å². The van der Waals surface area contributed by atoms with E-state index in [4.69, 9.17) is 14.5 Å². The largest absolute Gasteiger partial charge is 0.491 e. The molecule has 0 aromatic carbocycles. The molecular formula is C22H29N3O3. The fourth-order valence-corrected chi connectivity index (χ4v) is 4.93. The van der Waals surface area contributed by atoms with Crippen molar-refractivity contribution < 1.29 is 14.3 Å². The van der Waals surface area contributed by atoms with Crippen molar-refractivity contribution in [3.63, 3.8) is 0 Å². The third-order valence-electron chi connectivity index (χ3n) is 6.64. The van der Waals surface area contributed by atoms with E-state index in [-0.39, 0.29) is 24.0 Å². The molecule has 1 amide bonds. The molecule has 3 saturated heterocycles. The van der Waals surface area contributed by atoms with Crippen LogP contribution in [0.1, 0.15) is 26.2 Å². The number of nitrogens with zero attached hydrogens (tertiary/aromatic N) is 2. The van der Waals surface area contributed by atoms with Crippen molar-refractivity contribution in [2.75, 3.05) is 32.8 Å². The fraction of sp³-hybridized carbons (Fsp3) is 0.636. The van der Waals surface area contributed by atoms with Gasteiger partial charge in [-0.05, 0) is 24.1 Å². The summed E-state index contributed by atoms with van der Waals surface area (Å²) in [5.41, 5.74) is 1.21. The molecule has 4 atom stereocenters. The van der Waals surface area contributed by atoms with Crippen LogP contribution in [0.25, 0.3) is 0 Å². The van der Waals surface area contributed by atoms with E-state index in [0.717, 1.165) is 57.2 Å². The molecule has 6 heteroatoms. The first kappa shape index (κ1) is 18.0. The smallest absolute Gasteiger partial charge is 0.229 e. The zero-order valence-corrected chi connectivity index (χ0v) is 16.5. The number of allylic oxidation sites excluding steroid dienone is 1. The van der Waals surface area contributed by atoms with E-state index < -0.39 is 0 Å². The molecule has 28 heavy (non-hydrogen) atoms. The topological polar surface area (TPSA) is 63.2 Å². The van der Waals surface area contributed by atoms with Gasteiger partial charge in [-0.25, -0.2) is 0 Å². The summed E-state index contributed by atoms with van der Waals surface area (Å²) in [5, 5.41) is 2.95. The highest BCUT2D eigenvalue weighted by molar-refractivity contribution is 6.01. The van der Waals surface area contributed by atoms with Gasteiger partial charge in [-0.3, -0.25) is 9.79 Å². The van der Waals surface area contributed by atoms with Crippen LogP contribution in [0, 0.1) is 17.8 Å². The second-order valence-corrected chi connectivity index (χ2v) is 8.43. The van der Waals surface area contributed by atoms with Crippen LogP contribution in [-0.4, -0.2) is 61.6 Å². The quantitative estimate of drug-likeness (QED) is 0.810. The Kier molecular flexibility index (Phi) is 4.75. The van der Waals surface area contributed by atoms with Gasteiger partial charge in [-0.1, -0.05) is 19.1 Å². The summed E-state index contributed by atoms with van der Waals surface area (Å²) in [5.74, 6) is 3.15. The number of likely N-dealkylation sites (tertiary alicyclic amines) is 1. The third kappa shape index (κ3) is 3.28. The van der Waals surface area contributed by atoms with Crippen molar-refractivity contribution >= 4 is 11.7 Å². The summed E-state index contributed by atoms with van der Waals surface area (Å²) in [6.07, 6.45) is 11.9. The first-order valence-corrected chi connectivity index (χ1v) is 10.7. The predicted molar refractivity (Wildman–Crippen MR) is 107 cm³/mol. The number of ether oxygens (including phenoxy) is 2. The molecule has 4 aliphatic heterocycles. The van der Waals surface area contributed by atoms with Crippen LogP contribution in [0.5, 0.6) is 0 Å². The highest BCUT2D eigenvalue weighted by atomic mass is 16.5. The number of hydrogen-bond donors (Lipinski definition) is 1. The number of amides is 1. The fourth-order valence-electron chi connectivity index (χ4n) is 4.93. The molecule has 0 aromatic rings. The van der Waals surface area contributed by atoms with Crippen molar-refractivity contribution in [2.45, 2.75) is 38.3 Å². The Balaban J connectivity index is 1.20. The molecule has 0 radical (unpaired) electrons. The lowest BCUT2D eigenvalue weighted by molar-refractivity contribution is -0.121. The summed E-state index contributed by atoms with van der Waals surface area (Å²) < 4.78 is 11.9. The Labute approximate surface area is 166 Å². The predicted octanol–water partition coefficient (Wildman–Crippen LogP) is 2.05. The van der Waals surface area contributed by atoms with Crippen molar-refractivity contribution in [3.05, 3.63) is 35.6 Å². The number of nitrogens with one attached hydrogen (secondary N) is 1. The van der Waals surface area contributed by atoms with Gasteiger partial charge in [0, 0.05) is 44.3 Å². The highest BCUT2D eigenvalue weighted by Gasteiger charge is 2.38. The van der Waals surface area contributed by atoms with Crippen molar-refractivity contribution in [1.82, 2.24) is 10.2 Å². The number of piperidine rings is 1. The van der Waals surface area contributed by atoms with Crippen LogP contribution in [0.4, 0.5) is 0 Å². The summed E-state index contributed by atoms with van der Waals surface area (Å²) in [6, 6.07) is 0.0610. The maximum Gasteiger partial charge on any atom is 0.229 e. The molecule has 5 rings (SSSR count). The molecule has 3 fully saturated rings. The van der Waals surface area contributed by atoms with Gasteiger partial charge in [0.2, 0.25) is 5.91 Å². The van der Waals surface area contributed by atoms with Crippen LogP contribution >= 0.6 is 0 Å². The minimum Gasteiger partial charge on any atom is -0.491 e. The maximum atomic E-state index is 12.0. The molecule has 0 aromatic heterocycles. The van der Waals surface area contributed by atoms with E-state index in [2.05, 4.69) is 41.4 Å². The normalized spacial score (nSPS) is 35.0. The van der Waals surface area contributed by atoms with E-state index >= 15 is 0 Å². The molecule has 0 saturated carbocycles. The number of carbonyl (C=O) groups is 1. The minimum absolute atomic E-state index is 0.0610. The van der Waals surface area contributed by atoms with E-state index in [9.17, 15) is 4.79 Å². The Bertz CT molecular complexity index is 761. The molecular weight excluding hydrogens is 354 g/mol. The average molecular weight is 383 g/mol. The van der Waals surface area contributed by atoms with Gasteiger partial charge in [0.15, 0.2) is 0 Å². The van der Waals surface area contributed by atoms with Gasteiger partial charge in [0.25, 0.3) is 0 Å². The van der Waals surface area contributed by atoms with Gasteiger partial charge in [-0.15, -0.1) is 0 Å². The Hall–Kier alpha value is -2.08. The van der Waals surface area contributed by atoms with Crippen LogP contribution in [0.2, 0.25) is 0 Å². The summed E-state index contributed by atoms with van der Waals surface area (Å²) in [6.45, 7) is 6.35. The van der Waals surface area contributed by atoms with Gasteiger partial charge < -0.3 is 19.7 Å². The van der Waals surface area contributed by atoms with Gasteiger partial charge in [-0.2, -0.15) is 0 Å². The van der Waals surface area contributed by atoms with Crippen molar-refractivity contribution in [2.24, 2.45) is 22.7 Å². The zero-order chi connectivity index (χ0) is 19.1. The van der Waals surface area contributed by atoms with Crippen molar-refractivity contribution in [3.8, 4) is 0 Å². The summed E-state index contributed by atoms with van der Waals surface area (Å²) in [7, 11) is 0. The van der Waals surface area contributed by atoms with E-state index in [1.165, 1.54) is 5.57 Å². The molecule has 1 aliphatic carbocycles. The molecule has 1 N–H and O–H groups in total. The van der Waals surface area contributed by atoms with Crippen LogP contribution < -0.4 is 5.32 Å². The SMILES string of the molecule is CCC1=CC2C(=O)NCC2N=C1N1CCC(OC2=CC3COCC3C=C2)CC1. The lowest BCUT2D eigenvalue weighted by Crippen LogP contribution is -2.43. The number of rotatable bonds is 3. The van der Waals surface area contributed by atoms with Gasteiger partial charge >= 0.3 is 0 Å². The highest BCUT2D eigenvalue weighted by Crippen LogP contribution is 2.31. The minimum atomic E-state index is -0.0759. The first-order chi connectivity index (χ1) is 13.7. The lowest BCUT2D eigenvalue weighted by Gasteiger charge is -2.37. The number of aliphatic imine (C=N–C) groups is 1. The number of carbonyl (C=O) groups excluding carboxylic acids is 1. The Morgan fingerprint density at radius 1 is 1.25 bits per heavy atom. The summed E-state index contributed by atoms with van der Waals surface area (Å²) in [4.78, 5) is 19.3. The Morgan fingerprint density at radius 3 is 2.89 bits per heavy atom. The second-order valence-electron chi connectivity index (χ2n) is 8.43. The van der Waals surface area contributed by atoms with Gasteiger partial charge in [0.1, 0.15) is 17.7 Å². The standard InChI is InChI=1S/C22H29N3O3/c1-2-14-10-19-20(11-23-22(19)26)24-21(14)25-7-5-17(6-8-25)28-18-4-3-15-12-27-13-16(15)9-18/h3-4,9-10,15-17,19-20H,2,5-8,11-13H2,1H3,(H,23,26). The molecule has 150 valence electrons. The average Bonchev–Trinajstić information content (AvgIpc) is 3.34. The molecule has 5 aliphatic rings. The molecule has 6 nitrogen and oxygen atoms in total. The first-order valence-electron chi connectivity index (χ1n) is 10.7. The Morgan fingerprint density at radius 2 is 2.07 bits per heavy atom. The third-order valence-corrected chi connectivity index (χ3v) is 6.64. The number of hydrogen-bond acceptors (Lipinski definition) is 5. The number of amidine groups is 1. The maximum absolute atomic E-state index is 12.0. The molecule has 0 spiro atoms. The molecule has 0 bridgehead atoms. The monoisotopic (exact) mass is 383 g/mol. The zero-order valence-electron chi connectivity index (χ0n) is 16.5. The lowest BCUT2D eigenvalue weighted by atomic mass is 9.91. The molecule has 4 heterocycles. The van der Waals surface area contributed by atoms with Crippen LogP contribution in [-0.2, 0) is 14.3 Å². The van der Waals surface area contributed by atoms with E-state index in [0.29, 0.717) is 18.4 Å². The van der Waals surface area contributed by atoms with Gasteiger partial charge in [0.05, 0.1) is 25.2 Å². The number of fused-ring (bicyclic) bond motifs is 2. The van der Waals surface area contributed by atoms with E-state index in [1.54, 1.807) is 0 Å². The van der Waals surface area contributed by atoms with Crippen molar-refractivity contribution in [1.29, 1.82) is 0 Å². The second kappa shape index (κ2) is 7.39. The van der Waals surface area contributed by atoms with E-state index in [1.807, 2.05) is 0 Å². The molecule has 4 unspecified atom stereocenters. The summed E-state index contributed by atoms with van der Waals surface area (Å²) >= 11 is 0.